The van der Waals surface area contributed by atoms with Crippen molar-refractivity contribution >= 4 is 29.0 Å². The van der Waals surface area contributed by atoms with Crippen LogP contribution in [0.3, 0.4) is 0 Å². The molecule has 1 fully saturated rings. The predicted molar refractivity (Wildman–Crippen MR) is 122 cm³/mol. The monoisotopic (exact) mass is 455 g/mol. The molecule has 2 aromatic carbocycles. The summed E-state index contributed by atoms with van der Waals surface area (Å²) >= 11 is 0. The normalized spacial score (nSPS) is 13.8. The van der Waals surface area contributed by atoms with Crippen molar-refractivity contribution in [3.63, 3.8) is 0 Å². The van der Waals surface area contributed by atoms with Gasteiger partial charge in [-0.3, -0.25) is 4.79 Å². The van der Waals surface area contributed by atoms with E-state index in [-0.39, 0.29) is 6.42 Å². The Morgan fingerprint density at radius 2 is 1.70 bits per heavy atom. The minimum Gasteiger partial charge on any atom is -0.356 e. The van der Waals surface area contributed by atoms with Crippen LogP contribution in [0, 0.1) is 6.92 Å². The lowest BCUT2D eigenvalue weighted by Crippen LogP contribution is -2.19. The summed E-state index contributed by atoms with van der Waals surface area (Å²) < 4.78 is 38.6. The van der Waals surface area contributed by atoms with Crippen molar-refractivity contribution in [2.45, 2.75) is 32.4 Å². The summed E-state index contributed by atoms with van der Waals surface area (Å²) in [6.45, 7) is 3.91. The summed E-state index contributed by atoms with van der Waals surface area (Å²) in [5, 5.41) is 5.89. The highest BCUT2D eigenvalue weighted by Gasteiger charge is 2.30. The van der Waals surface area contributed by atoms with Gasteiger partial charge in [0.15, 0.2) is 0 Å². The summed E-state index contributed by atoms with van der Waals surface area (Å²) in [6.07, 6.45) is -2.27. The first-order valence-electron chi connectivity index (χ1n) is 10.7. The number of hydrogen-bond acceptors (Lipinski definition) is 5. The first-order chi connectivity index (χ1) is 15.8. The van der Waals surface area contributed by atoms with Crippen molar-refractivity contribution in [3.8, 4) is 0 Å². The second-order valence-corrected chi connectivity index (χ2v) is 8.01. The van der Waals surface area contributed by atoms with E-state index in [2.05, 4.69) is 25.5 Å². The Bertz CT molecular complexity index is 1130. The van der Waals surface area contributed by atoms with Gasteiger partial charge < -0.3 is 15.5 Å². The number of alkyl halides is 3. The minimum absolute atomic E-state index is 0.152. The van der Waals surface area contributed by atoms with E-state index in [1.165, 1.54) is 12.1 Å². The highest BCUT2D eigenvalue weighted by molar-refractivity contribution is 5.92. The van der Waals surface area contributed by atoms with Crippen LogP contribution >= 0.6 is 0 Å². The Morgan fingerprint density at radius 1 is 1.00 bits per heavy atom. The van der Waals surface area contributed by atoms with Crippen LogP contribution in [-0.4, -0.2) is 29.0 Å². The number of benzene rings is 2. The molecule has 1 saturated heterocycles. The Morgan fingerprint density at radius 3 is 2.39 bits per heavy atom. The van der Waals surface area contributed by atoms with Crippen molar-refractivity contribution in [1.82, 2.24) is 9.97 Å². The smallest absolute Gasteiger partial charge is 0.356 e. The topological polar surface area (TPSA) is 70.2 Å². The second-order valence-electron chi connectivity index (χ2n) is 8.01. The number of anilines is 4. The number of halogens is 3. The van der Waals surface area contributed by atoms with Gasteiger partial charge in [-0.2, -0.15) is 18.2 Å². The number of nitrogens with zero attached hydrogens (tertiary/aromatic N) is 3. The van der Waals surface area contributed by atoms with Crippen molar-refractivity contribution in [2.75, 3.05) is 28.6 Å². The van der Waals surface area contributed by atoms with Gasteiger partial charge in [-0.1, -0.05) is 18.2 Å². The number of rotatable bonds is 6. The van der Waals surface area contributed by atoms with Gasteiger partial charge in [0.25, 0.3) is 0 Å². The molecule has 172 valence electrons. The predicted octanol–water partition coefficient (Wildman–Crippen LogP) is 5.33. The molecule has 33 heavy (non-hydrogen) atoms. The van der Waals surface area contributed by atoms with Crippen molar-refractivity contribution < 1.29 is 18.0 Å². The number of aromatic nitrogens is 2. The van der Waals surface area contributed by atoms with E-state index in [0.717, 1.165) is 55.3 Å². The summed E-state index contributed by atoms with van der Waals surface area (Å²) in [5.41, 5.74) is 1.69. The number of nitrogens with one attached hydrogen (secondary N) is 2. The van der Waals surface area contributed by atoms with E-state index in [1.807, 2.05) is 13.0 Å². The number of carbonyl (C=O) groups excluding carboxylic acids is 1. The first kappa shape index (κ1) is 22.6. The molecule has 0 aliphatic carbocycles. The Hall–Kier alpha value is -3.62. The third-order valence-corrected chi connectivity index (χ3v) is 5.31. The number of amides is 1. The minimum atomic E-state index is -4.44. The molecule has 0 radical (unpaired) electrons. The molecule has 3 aromatic rings. The maximum Gasteiger partial charge on any atom is 0.416 e. The first-order valence-corrected chi connectivity index (χ1v) is 10.7. The number of aryl methyl sites for hydroxylation is 1. The van der Waals surface area contributed by atoms with E-state index >= 15 is 0 Å². The van der Waals surface area contributed by atoms with E-state index < -0.39 is 17.6 Å². The molecule has 4 rings (SSSR count). The SMILES string of the molecule is Cc1cc(N2CCCC2)nc(Nc2ccc(NC(=O)Cc3cccc(C(F)(F)F)c3)cc2)n1. The Kier molecular flexibility index (Phi) is 6.48. The van der Waals surface area contributed by atoms with Crippen LogP contribution < -0.4 is 15.5 Å². The lowest BCUT2D eigenvalue weighted by atomic mass is 10.1. The molecule has 1 aliphatic heterocycles. The standard InChI is InChI=1S/C24H24F3N5O/c1-16-13-21(32-11-2-3-12-32)31-23(28-16)30-20-9-7-19(8-10-20)29-22(33)15-17-5-4-6-18(14-17)24(25,26)27/h4-10,13-14H,2-3,11-12,15H2,1H3,(H,29,33)(H,28,30,31). The molecule has 2 heterocycles. The Labute approximate surface area is 189 Å². The van der Waals surface area contributed by atoms with Crippen molar-refractivity contribution in [1.29, 1.82) is 0 Å². The zero-order chi connectivity index (χ0) is 23.4. The van der Waals surface area contributed by atoms with E-state index in [1.54, 1.807) is 24.3 Å². The third-order valence-electron chi connectivity index (χ3n) is 5.31. The molecule has 9 heteroatoms. The lowest BCUT2D eigenvalue weighted by molar-refractivity contribution is -0.137. The highest BCUT2D eigenvalue weighted by Crippen LogP contribution is 2.29. The third kappa shape index (κ3) is 6.00. The van der Waals surface area contributed by atoms with Crippen LogP contribution in [0.1, 0.15) is 29.7 Å². The molecule has 0 spiro atoms. The summed E-state index contributed by atoms with van der Waals surface area (Å²) in [5.74, 6) is 1.01. The van der Waals surface area contributed by atoms with Crippen LogP contribution in [0.2, 0.25) is 0 Å². The van der Waals surface area contributed by atoms with Crippen LogP contribution in [0.15, 0.2) is 54.6 Å². The molecular weight excluding hydrogens is 431 g/mol. The fourth-order valence-corrected chi connectivity index (χ4v) is 3.73. The average molecular weight is 455 g/mol. The van der Waals surface area contributed by atoms with Gasteiger partial charge >= 0.3 is 6.18 Å². The largest absolute Gasteiger partial charge is 0.416 e. The fraction of sp³-hybridized carbons (Fsp3) is 0.292. The summed E-state index contributed by atoms with van der Waals surface area (Å²) in [6, 6.07) is 13.7. The van der Waals surface area contributed by atoms with Gasteiger partial charge in [0.2, 0.25) is 11.9 Å². The quantitative estimate of drug-likeness (QED) is 0.526. The van der Waals surface area contributed by atoms with Crippen LogP contribution in [0.4, 0.5) is 36.3 Å². The number of hydrogen-bond donors (Lipinski definition) is 2. The molecule has 1 aliphatic rings. The maximum absolute atomic E-state index is 12.9. The van der Waals surface area contributed by atoms with Gasteiger partial charge in [-0.15, -0.1) is 0 Å². The zero-order valence-electron chi connectivity index (χ0n) is 18.1. The van der Waals surface area contributed by atoms with Crippen molar-refractivity contribution in [3.05, 3.63) is 71.4 Å². The zero-order valence-corrected chi connectivity index (χ0v) is 18.1. The van der Waals surface area contributed by atoms with Gasteiger partial charge in [-0.25, -0.2) is 4.98 Å². The molecule has 0 bridgehead atoms. The van der Waals surface area contributed by atoms with E-state index in [0.29, 0.717) is 17.2 Å². The van der Waals surface area contributed by atoms with Gasteiger partial charge in [0.05, 0.1) is 12.0 Å². The van der Waals surface area contributed by atoms with Gasteiger partial charge in [0, 0.05) is 36.2 Å². The molecule has 0 atom stereocenters. The van der Waals surface area contributed by atoms with Crippen LogP contribution in [0.25, 0.3) is 0 Å². The van der Waals surface area contributed by atoms with Gasteiger partial charge in [0.1, 0.15) is 5.82 Å². The molecule has 2 N–H and O–H groups in total. The molecular formula is C24H24F3N5O. The van der Waals surface area contributed by atoms with Gasteiger partial charge in [-0.05, 0) is 55.7 Å². The molecule has 6 nitrogen and oxygen atoms in total. The summed E-state index contributed by atoms with van der Waals surface area (Å²) in [4.78, 5) is 23.6. The molecule has 0 unspecified atom stereocenters. The molecule has 1 amide bonds. The fourth-order valence-electron chi connectivity index (χ4n) is 3.73. The lowest BCUT2D eigenvalue weighted by Gasteiger charge is -2.17. The Balaban J connectivity index is 1.37. The van der Waals surface area contributed by atoms with E-state index in [4.69, 9.17) is 0 Å². The van der Waals surface area contributed by atoms with E-state index in [9.17, 15) is 18.0 Å². The van der Waals surface area contributed by atoms with Crippen LogP contribution in [0.5, 0.6) is 0 Å². The number of carbonyl (C=O) groups is 1. The summed E-state index contributed by atoms with van der Waals surface area (Å²) in [7, 11) is 0. The van der Waals surface area contributed by atoms with Crippen molar-refractivity contribution in [2.24, 2.45) is 0 Å². The highest BCUT2D eigenvalue weighted by atomic mass is 19.4. The molecule has 1 aromatic heterocycles. The second kappa shape index (κ2) is 9.48. The average Bonchev–Trinajstić information content (AvgIpc) is 3.29. The maximum atomic E-state index is 12.9. The molecule has 0 saturated carbocycles. The van der Waals surface area contributed by atoms with Crippen LogP contribution in [-0.2, 0) is 17.4 Å².